The Bertz CT molecular complexity index is 1110. The number of hydrogen-bond donors (Lipinski definition) is 1. The molecule has 0 saturated heterocycles. The largest absolute Gasteiger partial charge is 0.325 e. The third kappa shape index (κ3) is 4.59. The van der Waals surface area contributed by atoms with Gasteiger partial charge in [0.25, 0.3) is 5.56 Å². The van der Waals surface area contributed by atoms with Crippen molar-refractivity contribution < 1.29 is 4.79 Å². The maximum atomic E-state index is 13.1. The van der Waals surface area contributed by atoms with E-state index in [1.165, 1.54) is 11.8 Å². The fourth-order valence-electron chi connectivity index (χ4n) is 3.34. The number of rotatable bonds is 7. The number of nitrogens with one attached hydrogen (secondary N) is 1. The Hall–Kier alpha value is -2.60. The molecule has 2 aromatic carbocycles. The second-order valence-electron chi connectivity index (χ2n) is 7.84. The molecule has 0 spiro atoms. The number of hydrogen-bond acceptors (Lipinski definition) is 4. The van der Waals surface area contributed by atoms with Gasteiger partial charge in [-0.3, -0.25) is 14.2 Å². The lowest BCUT2D eigenvalue weighted by Crippen LogP contribution is -2.28. The molecular weight excluding hydrogens is 394 g/mol. The standard InChI is InChI=1S/C24H29N3O2S/c1-6-16(4)27-23(29)19-12-8-10-14-21(19)26-24(27)30-17(5)22(28)25-20-13-9-7-11-18(20)15(2)3/h7-17H,6H2,1-5H3,(H,25,28)/t16-,17+/m0/s1. The van der Waals surface area contributed by atoms with Gasteiger partial charge in [0.05, 0.1) is 16.2 Å². The molecule has 0 bridgehead atoms. The zero-order chi connectivity index (χ0) is 21.8. The number of fused-ring (bicyclic) bond motifs is 1. The maximum Gasteiger partial charge on any atom is 0.262 e. The first-order valence-corrected chi connectivity index (χ1v) is 11.3. The fourth-order valence-corrected chi connectivity index (χ4v) is 4.35. The molecule has 1 amide bonds. The van der Waals surface area contributed by atoms with Crippen LogP contribution in [0.2, 0.25) is 0 Å². The highest BCUT2D eigenvalue weighted by Gasteiger charge is 2.22. The Morgan fingerprint density at radius 2 is 1.73 bits per heavy atom. The van der Waals surface area contributed by atoms with Gasteiger partial charge in [0.15, 0.2) is 5.16 Å². The van der Waals surface area contributed by atoms with Crippen LogP contribution in [0.3, 0.4) is 0 Å². The molecule has 2 atom stereocenters. The van der Waals surface area contributed by atoms with Gasteiger partial charge in [-0.05, 0) is 49.9 Å². The van der Waals surface area contributed by atoms with Gasteiger partial charge in [-0.25, -0.2) is 4.98 Å². The molecule has 0 saturated carbocycles. The Kier molecular flexibility index (Phi) is 6.98. The monoisotopic (exact) mass is 423 g/mol. The number of thioether (sulfide) groups is 1. The molecule has 0 aliphatic carbocycles. The molecule has 0 unspecified atom stereocenters. The molecule has 5 nitrogen and oxygen atoms in total. The minimum Gasteiger partial charge on any atom is -0.325 e. The van der Waals surface area contributed by atoms with E-state index in [2.05, 4.69) is 19.2 Å². The summed E-state index contributed by atoms with van der Waals surface area (Å²) in [7, 11) is 0. The van der Waals surface area contributed by atoms with E-state index < -0.39 is 5.25 Å². The van der Waals surface area contributed by atoms with Gasteiger partial charge in [0, 0.05) is 11.7 Å². The van der Waals surface area contributed by atoms with E-state index in [1.807, 2.05) is 63.2 Å². The van der Waals surface area contributed by atoms with Crippen LogP contribution in [0.1, 0.15) is 58.6 Å². The predicted octanol–water partition coefficient (Wildman–Crippen LogP) is 5.61. The summed E-state index contributed by atoms with van der Waals surface area (Å²) >= 11 is 1.32. The summed E-state index contributed by atoms with van der Waals surface area (Å²) in [5, 5.41) is 3.82. The van der Waals surface area contributed by atoms with Crippen LogP contribution in [0, 0.1) is 0 Å². The van der Waals surface area contributed by atoms with Crippen LogP contribution in [0.15, 0.2) is 58.5 Å². The first-order valence-electron chi connectivity index (χ1n) is 10.4. The molecule has 6 heteroatoms. The Labute approximate surface area is 181 Å². The van der Waals surface area contributed by atoms with Crippen molar-refractivity contribution in [3.63, 3.8) is 0 Å². The molecule has 3 rings (SSSR count). The molecule has 30 heavy (non-hydrogen) atoms. The molecule has 0 fully saturated rings. The lowest BCUT2D eigenvalue weighted by Gasteiger charge is -2.20. The third-order valence-electron chi connectivity index (χ3n) is 5.30. The number of amides is 1. The number of para-hydroxylation sites is 2. The molecule has 158 valence electrons. The lowest BCUT2D eigenvalue weighted by molar-refractivity contribution is -0.115. The molecular formula is C24H29N3O2S. The molecule has 0 aliphatic rings. The SMILES string of the molecule is CC[C@H](C)n1c(S[C@H](C)C(=O)Nc2ccccc2C(C)C)nc2ccccc2c1=O. The van der Waals surface area contributed by atoms with Gasteiger partial charge < -0.3 is 5.32 Å². The molecule has 0 aliphatic heterocycles. The van der Waals surface area contributed by atoms with E-state index in [4.69, 9.17) is 4.98 Å². The van der Waals surface area contributed by atoms with Crippen molar-refractivity contribution in [2.45, 2.75) is 63.4 Å². The predicted molar refractivity (Wildman–Crippen MR) is 125 cm³/mol. The van der Waals surface area contributed by atoms with Crippen molar-refractivity contribution in [3.8, 4) is 0 Å². The lowest BCUT2D eigenvalue weighted by atomic mass is 10.0. The van der Waals surface area contributed by atoms with E-state index in [9.17, 15) is 9.59 Å². The minimum absolute atomic E-state index is 0.00552. The number of nitrogens with zero attached hydrogens (tertiary/aromatic N) is 2. The van der Waals surface area contributed by atoms with Gasteiger partial charge in [0.1, 0.15) is 0 Å². The third-order valence-corrected chi connectivity index (χ3v) is 6.37. The van der Waals surface area contributed by atoms with E-state index in [0.29, 0.717) is 22.0 Å². The first kappa shape index (κ1) is 22.1. The highest BCUT2D eigenvalue weighted by atomic mass is 32.2. The molecule has 0 radical (unpaired) electrons. The second-order valence-corrected chi connectivity index (χ2v) is 9.14. The summed E-state index contributed by atoms with van der Waals surface area (Å²) in [6, 6.07) is 15.2. The first-order chi connectivity index (χ1) is 14.3. The van der Waals surface area contributed by atoms with E-state index in [0.717, 1.165) is 17.7 Å². The summed E-state index contributed by atoms with van der Waals surface area (Å²) in [6.07, 6.45) is 0.801. The van der Waals surface area contributed by atoms with Crippen LogP contribution < -0.4 is 10.9 Å². The van der Waals surface area contributed by atoms with E-state index in [1.54, 1.807) is 10.6 Å². The highest BCUT2D eigenvalue weighted by Crippen LogP contribution is 2.28. The van der Waals surface area contributed by atoms with Crippen LogP contribution in [-0.2, 0) is 4.79 Å². The van der Waals surface area contributed by atoms with Crippen LogP contribution >= 0.6 is 11.8 Å². The van der Waals surface area contributed by atoms with Crippen molar-refractivity contribution in [1.82, 2.24) is 9.55 Å². The number of carbonyl (C=O) groups is 1. The van der Waals surface area contributed by atoms with Crippen molar-refractivity contribution in [3.05, 3.63) is 64.4 Å². The molecule has 1 aromatic heterocycles. The average molecular weight is 424 g/mol. The van der Waals surface area contributed by atoms with Crippen molar-refractivity contribution >= 4 is 34.3 Å². The Balaban J connectivity index is 1.92. The number of aromatic nitrogens is 2. The zero-order valence-corrected chi connectivity index (χ0v) is 19.0. The normalized spacial score (nSPS) is 13.4. The Morgan fingerprint density at radius 1 is 1.07 bits per heavy atom. The average Bonchev–Trinajstić information content (AvgIpc) is 2.73. The number of benzene rings is 2. The van der Waals surface area contributed by atoms with Crippen LogP contribution in [0.25, 0.3) is 10.9 Å². The quantitative estimate of drug-likeness (QED) is 0.396. The maximum absolute atomic E-state index is 13.1. The van der Waals surface area contributed by atoms with Gasteiger partial charge in [0.2, 0.25) is 5.91 Å². The molecule has 1 heterocycles. The zero-order valence-electron chi connectivity index (χ0n) is 18.2. The second kappa shape index (κ2) is 9.47. The summed E-state index contributed by atoms with van der Waals surface area (Å²) in [4.78, 5) is 30.8. The van der Waals surface area contributed by atoms with Gasteiger partial charge in [-0.15, -0.1) is 0 Å². The topological polar surface area (TPSA) is 64.0 Å². The van der Waals surface area contributed by atoms with Crippen LogP contribution in [0.5, 0.6) is 0 Å². The minimum atomic E-state index is -0.409. The fraction of sp³-hybridized carbons (Fsp3) is 0.375. The molecule has 3 aromatic rings. The van der Waals surface area contributed by atoms with Gasteiger partial charge in [-0.2, -0.15) is 0 Å². The van der Waals surface area contributed by atoms with E-state index in [-0.39, 0.29) is 17.5 Å². The van der Waals surface area contributed by atoms with Gasteiger partial charge >= 0.3 is 0 Å². The van der Waals surface area contributed by atoms with Crippen LogP contribution in [0.4, 0.5) is 5.69 Å². The number of carbonyl (C=O) groups excluding carboxylic acids is 1. The summed E-state index contributed by atoms with van der Waals surface area (Å²) in [5.41, 5.74) is 2.52. The summed E-state index contributed by atoms with van der Waals surface area (Å²) in [5.74, 6) is 0.202. The van der Waals surface area contributed by atoms with Crippen molar-refractivity contribution in [2.75, 3.05) is 5.32 Å². The van der Waals surface area contributed by atoms with Crippen LogP contribution in [-0.4, -0.2) is 20.7 Å². The van der Waals surface area contributed by atoms with Crippen molar-refractivity contribution in [2.24, 2.45) is 0 Å². The highest BCUT2D eigenvalue weighted by molar-refractivity contribution is 8.00. The Morgan fingerprint density at radius 3 is 2.43 bits per heavy atom. The van der Waals surface area contributed by atoms with Crippen molar-refractivity contribution in [1.29, 1.82) is 0 Å². The smallest absolute Gasteiger partial charge is 0.262 e. The number of anilines is 1. The van der Waals surface area contributed by atoms with E-state index >= 15 is 0 Å². The van der Waals surface area contributed by atoms with Gasteiger partial charge in [-0.1, -0.05) is 62.9 Å². The molecule has 1 N–H and O–H groups in total. The summed E-state index contributed by atoms with van der Waals surface area (Å²) < 4.78 is 1.72. The summed E-state index contributed by atoms with van der Waals surface area (Å²) in [6.45, 7) is 10.1.